The third kappa shape index (κ3) is 10.2. The van der Waals surface area contributed by atoms with Crippen molar-refractivity contribution in [2.75, 3.05) is 39.0 Å². The molecular formula is C22H45N7S. The van der Waals surface area contributed by atoms with Crippen LogP contribution >= 0.6 is 11.8 Å². The summed E-state index contributed by atoms with van der Waals surface area (Å²) in [7, 11) is 0. The van der Waals surface area contributed by atoms with Gasteiger partial charge in [0.1, 0.15) is 5.82 Å². The van der Waals surface area contributed by atoms with Gasteiger partial charge in [0.2, 0.25) is 0 Å². The maximum absolute atomic E-state index is 4.78. The summed E-state index contributed by atoms with van der Waals surface area (Å²) in [6, 6.07) is 0.414. The Hall–Kier alpha value is -1.28. The van der Waals surface area contributed by atoms with E-state index in [0.717, 1.165) is 68.9 Å². The van der Waals surface area contributed by atoms with Crippen LogP contribution < -0.4 is 10.6 Å². The van der Waals surface area contributed by atoms with Gasteiger partial charge in [-0.3, -0.25) is 4.99 Å². The second kappa shape index (κ2) is 15.5. The van der Waals surface area contributed by atoms with Crippen LogP contribution in [0.15, 0.2) is 10.1 Å². The summed E-state index contributed by atoms with van der Waals surface area (Å²) in [5.41, 5.74) is 0. The Morgan fingerprint density at radius 3 is 2.47 bits per heavy atom. The van der Waals surface area contributed by atoms with E-state index in [1.807, 2.05) is 0 Å². The van der Waals surface area contributed by atoms with Crippen LogP contribution in [0.4, 0.5) is 0 Å². The van der Waals surface area contributed by atoms with Gasteiger partial charge in [0.05, 0.1) is 0 Å². The normalized spacial score (nSPS) is 13.3. The summed E-state index contributed by atoms with van der Waals surface area (Å²) in [5.74, 6) is 2.57. The topological polar surface area (TPSA) is 70.4 Å². The van der Waals surface area contributed by atoms with Crippen molar-refractivity contribution < 1.29 is 0 Å². The highest BCUT2D eigenvalue weighted by molar-refractivity contribution is 7.98. The van der Waals surface area contributed by atoms with Crippen LogP contribution in [0.5, 0.6) is 0 Å². The molecule has 0 aliphatic rings. The summed E-state index contributed by atoms with van der Waals surface area (Å²) in [5, 5.41) is 16.7. The number of rotatable bonds is 15. The molecule has 1 heterocycles. The van der Waals surface area contributed by atoms with Gasteiger partial charge in [-0.1, -0.05) is 39.5 Å². The van der Waals surface area contributed by atoms with Crippen LogP contribution in [-0.4, -0.2) is 70.6 Å². The SMILES string of the molecule is CCNC(=NCCCc1nnc(SC)n1CC(C)C)NC(C)CCCN(CC)CC. The number of aryl methyl sites for hydroxylation is 1. The molecule has 0 saturated heterocycles. The second-order valence-corrected chi connectivity index (χ2v) is 8.96. The first-order valence-corrected chi connectivity index (χ1v) is 12.9. The number of aliphatic imine (C=N–C) groups is 1. The molecule has 7 nitrogen and oxygen atoms in total. The van der Waals surface area contributed by atoms with Crippen LogP contribution in [0.2, 0.25) is 0 Å². The average molecular weight is 440 g/mol. The predicted octanol–water partition coefficient (Wildman–Crippen LogP) is 3.65. The van der Waals surface area contributed by atoms with Crippen molar-refractivity contribution in [3.63, 3.8) is 0 Å². The molecule has 30 heavy (non-hydrogen) atoms. The number of thioether (sulfide) groups is 1. The third-order valence-electron chi connectivity index (χ3n) is 5.09. The fourth-order valence-electron chi connectivity index (χ4n) is 3.42. The smallest absolute Gasteiger partial charge is 0.191 e. The summed E-state index contributed by atoms with van der Waals surface area (Å²) in [6.07, 6.45) is 6.29. The first kappa shape index (κ1) is 26.8. The molecule has 1 atom stereocenters. The quantitative estimate of drug-likeness (QED) is 0.188. The lowest BCUT2D eigenvalue weighted by molar-refractivity contribution is 0.292. The van der Waals surface area contributed by atoms with Gasteiger partial charge in [-0.05, 0) is 64.9 Å². The maximum atomic E-state index is 4.78. The molecule has 2 N–H and O–H groups in total. The molecule has 1 aromatic heterocycles. The van der Waals surface area contributed by atoms with Crippen LogP contribution in [0.25, 0.3) is 0 Å². The van der Waals surface area contributed by atoms with Gasteiger partial charge >= 0.3 is 0 Å². The fraction of sp³-hybridized carbons (Fsp3) is 0.864. The van der Waals surface area contributed by atoms with Crippen molar-refractivity contribution in [1.29, 1.82) is 0 Å². The molecule has 0 aliphatic carbocycles. The zero-order valence-corrected chi connectivity index (χ0v) is 21.2. The number of nitrogens with zero attached hydrogens (tertiary/aromatic N) is 5. The van der Waals surface area contributed by atoms with Gasteiger partial charge in [0.15, 0.2) is 11.1 Å². The van der Waals surface area contributed by atoms with Crippen molar-refractivity contribution in [2.45, 2.75) is 85.0 Å². The Bertz CT molecular complexity index is 596. The van der Waals surface area contributed by atoms with Gasteiger partial charge in [-0.2, -0.15) is 0 Å². The van der Waals surface area contributed by atoms with Crippen LogP contribution in [0.1, 0.15) is 66.6 Å². The first-order valence-electron chi connectivity index (χ1n) is 11.7. The zero-order valence-electron chi connectivity index (χ0n) is 20.4. The summed E-state index contributed by atoms with van der Waals surface area (Å²) in [6.45, 7) is 19.3. The van der Waals surface area contributed by atoms with Gasteiger partial charge in [-0.15, -0.1) is 10.2 Å². The lowest BCUT2D eigenvalue weighted by atomic mass is 10.2. The molecule has 0 radical (unpaired) electrons. The number of hydrogen-bond donors (Lipinski definition) is 2. The van der Waals surface area contributed by atoms with Crippen molar-refractivity contribution in [2.24, 2.45) is 10.9 Å². The minimum atomic E-state index is 0.414. The summed E-state index contributed by atoms with van der Waals surface area (Å²) in [4.78, 5) is 7.26. The molecule has 1 unspecified atom stereocenters. The van der Waals surface area contributed by atoms with E-state index in [4.69, 9.17) is 4.99 Å². The van der Waals surface area contributed by atoms with Crippen molar-refractivity contribution in [3.05, 3.63) is 5.82 Å². The molecule has 0 bridgehead atoms. The summed E-state index contributed by atoms with van der Waals surface area (Å²) < 4.78 is 2.26. The minimum absolute atomic E-state index is 0.414. The first-order chi connectivity index (χ1) is 14.4. The molecule has 174 valence electrons. The lowest BCUT2D eigenvalue weighted by Crippen LogP contribution is -2.42. The van der Waals surface area contributed by atoms with Crippen molar-refractivity contribution in [1.82, 2.24) is 30.3 Å². The molecule has 0 fully saturated rings. The molecule has 0 saturated carbocycles. The highest BCUT2D eigenvalue weighted by Gasteiger charge is 2.12. The van der Waals surface area contributed by atoms with E-state index in [0.29, 0.717) is 12.0 Å². The van der Waals surface area contributed by atoms with E-state index in [2.05, 4.69) is 78.1 Å². The van der Waals surface area contributed by atoms with Gasteiger partial charge in [-0.25, -0.2) is 0 Å². The predicted molar refractivity (Wildman–Crippen MR) is 131 cm³/mol. The second-order valence-electron chi connectivity index (χ2n) is 8.19. The lowest BCUT2D eigenvalue weighted by Gasteiger charge is -2.21. The molecule has 0 spiro atoms. The van der Waals surface area contributed by atoms with E-state index in [9.17, 15) is 0 Å². The number of hydrogen-bond acceptors (Lipinski definition) is 5. The van der Waals surface area contributed by atoms with E-state index in [1.165, 1.54) is 13.0 Å². The number of nitrogens with one attached hydrogen (secondary N) is 2. The highest BCUT2D eigenvalue weighted by atomic mass is 32.2. The van der Waals surface area contributed by atoms with Crippen molar-refractivity contribution in [3.8, 4) is 0 Å². The number of aromatic nitrogens is 3. The Morgan fingerprint density at radius 1 is 1.13 bits per heavy atom. The average Bonchev–Trinajstić information content (AvgIpc) is 3.09. The molecule has 0 amide bonds. The largest absolute Gasteiger partial charge is 0.357 e. The van der Waals surface area contributed by atoms with E-state index >= 15 is 0 Å². The molecule has 8 heteroatoms. The molecule has 0 aromatic carbocycles. The van der Waals surface area contributed by atoms with Crippen LogP contribution in [-0.2, 0) is 13.0 Å². The molecular weight excluding hydrogens is 394 g/mol. The van der Waals surface area contributed by atoms with Crippen molar-refractivity contribution >= 4 is 17.7 Å². The third-order valence-corrected chi connectivity index (χ3v) is 5.75. The van der Waals surface area contributed by atoms with Crippen LogP contribution in [0.3, 0.4) is 0 Å². The number of guanidine groups is 1. The summed E-state index contributed by atoms with van der Waals surface area (Å²) >= 11 is 1.67. The standard InChI is InChI=1S/C22H45N7S/c1-8-23-21(25-19(6)13-12-16-28(9-2)10-3)24-15-11-14-20-26-27-22(30-7)29(20)17-18(4)5/h18-19H,8-17H2,1-7H3,(H2,23,24,25). The highest BCUT2D eigenvalue weighted by Crippen LogP contribution is 2.16. The van der Waals surface area contributed by atoms with E-state index in [-0.39, 0.29) is 0 Å². The molecule has 0 aliphatic heterocycles. The molecule has 1 aromatic rings. The Balaban J connectivity index is 2.50. The van der Waals surface area contributed by atoms with Gasteiger partial charge in [0, 0.05) is 32.1 Å². The van der Waals surface area contributed by atoms with Gasteiger partial charge in [0.25, 0.3) is 0 Å². The minimum Gasteiger partial charge on any atom is -0.357 e. The monoisotopic (exact) mass is 439 g/mol. The fourth-order valence-corrected chi connectivity index (χ4v) is 3.94. The van der Waals surface area contributed by atoms with Gasteiger partial charge < -0.3 is 20.1 Å². The van der Waals surface area contributed by atoms with Crippen LogP contribution in [0, 0.1) is 5.92 Å². The Morgan fingerprint density at radius 2 is 1.87 bits per heavy atom. The molecule has 1 rings (SSSR count). The van der Waals surface area contributed by atoms with E-state index < -0.39 is 0 Å². The Kier molecular flexibility index (Phi) is 13.8. The maximum Gasteiger partial charge on any atom is 0.191 e. The zero-order chi connectivity index (χ0) is 22.4. The Labute approximate surface area is 188 Å². The van der Waals surface area contributed by atoms with E-state index in [1.54, 1.807) is 11.8 Å².